The molecule has 0 spiro atoms. The fourth-order valence-electron chi connectivity index (χ4n) is 3.93. The Kier molecular flexibility index (Phi) is 5.26. The third kappa shape index (κ3) is 3.19. The van der Waals surface area contributed by atoms with Crippen LogP contribution in [0.1, 0.15) is 35.2 Å². The number of nitrogens with two attached hydrogens (primary N) is 1. The summed E-state index contributed by atoms with van der Waals surface area (Å²) < 4.78 is 0. The first-order valence-electron chi connectivity index (χ1n) is 7.78. The number of amides is 1. The molecule has 126 valence electrons. The number of para-hydroxylation sites is 1. The molecule has 1 aromatic carbocycles. The molecular formula is C16H22ClN3O3. The molecule has 2 fully saturated rings. The standard InChI is InChI=1S/C16H21N3O3.ClH/c1-10-4-2-6-12(15(10)19(21)22)16(20)18-8-11-5-3-7-14(17)13(11)9-18;/h2,4,6,11,13-14H,3,5,7-9,17H2,1H3;1H. The van der Waals surface area contributed by atoms with Crippen molar-refractivity contribution in [3.8, 4) is 0 Å². The predicted octanol–water partition coefficient (Wildman–Crippen LogP) is 2.52. The highest BCUT2D eigenvalue weighted by Crippen LogP contribution is 2.37. The summed E-state index contributed by atoms with van der Waals surface area (Å²) in [4.78, 5) is 25.3. The SMILES string of the molecule is Cc1cccc(C(=O)N2CC3CCCC(N)C3C2)c1[N+](=O)[O-].Cl. The van der Waals surface area contributed by atoms with Crippen LogP contribution in [0.2, 0.25) is 0 Å². The molecule has 7 heteroatoms. The molecule has 2 N–H and O–H groups in total. The summed E-state index contributed by atoms with van der Waals surface area (Å²) in [7, 11) is 0. The normalized spacial score (nSPS) is 26.3. The van der Waals surface area contributed by atoms with Crippen LogP contribution in [0.25, 0.3) is 0 Å². The van der Waals surface area contributed by atoms with E-state index < -0.39 is 4.92 Å². The lowest BCUT2D eigenvalue weighted by Gasteiger charge is -2.29. The van der Waals surface area contributed by atoms with Crippen LogP contribution in [-0.2, 0) is 0 Å². The molecule has 3 atom stereocenters. The predicted molar refractivity (Wildman–Crippen MR) is 89.8 cm³/mol. The molecule has 1 aliphatic carbocycles. The number of nitrogens with zero attached hydrogens (tertiary/aromatic N) is 2. The summed E-state index contributed by atoms with van der Waals surface area (Å²) in [5.41, 5.74) is 6.81. The summed E-state index contributed by atoms with van der Waals surface area (Å²) in [5.74, 6) is 0.537. The lowest BCUT2D eigenvalue weighted by atomic mass is 9.78. The molecule has 1 aliphatic heterocycles. The van der Waals surface area contributed by atoms with Crippen molar-refractivity contribution in [2.45, 2.75) is 32.2 Å². The average Bonchev–Trinajstić information content (AvgIpc) is 2.91. The summed E-state index contributed by atoms with van der Waals surface area (Å²) in [5, 5.41) is 11.3. The molecule has 23 heavy (non-hydrogen) atoms. The van der Waals surface area contributed by atoms with Crippen LogP contribution in [0.5, 0.6) is 0 Å². The van der Waals surface area contributed by atoms with Crippen LogP contribution in [-0.4, -0.2) is 34.9 Å². The first kappa shape index (κ1) is 17.7. The van der Waals surface area contributed by atoms with Crippen LogP contribution in [0.3, 0.4) is 0 Å². The Hall–Kier alpha value is -1.66. The number of hydrogen-bond donors (Lipinski definition) is 1. The molecular weight excluding hydrogens is 318 g/mol. The van der Waals surface area contributed by atoms with E-state index in [-0.39, 0.29) is 35.6 Å². The van der Waals surface area contributed by atoms with Gasteiger partial charge < -0.3 is 10.6 Å². The van der Waals surface area contributed by atoms with Crippen molar-refractivity contribution in [2.75, 3.05) is 13.1 Å². The van der Waals surface area contributed by atoms with Crippen LogP contribution in [0.15, 0.2) is 18.2 Å². The van der Waals surface area contributed by atoms with Crippen LogP contribution in [0, 0.1) is 28.9 Å². The Bertz CT molecular complexity index is 623. The first-order valence-corrected chi connectivity index (χ1v) is 7.78. The number of carbonyl (C=O) groups excluding carboxylic acids is 1. The van der Waals surface area contributed by atoms with Gasteiger partial charge in [-0.25, -0.2) is 0 Å². The molecule has 3 unspecified atom stereocenters. The molecule has 3 rings (SSSR count). The van der Waals surface area contributed by atoms with Crippen molar-refractivity contribution in [1.82, 2.24) is 4.90 Å². The molecule has 0 radical (unpaired) electrons. The van der Waals surface area contributed by atoms with E-state index in [9.17, 15) is 14.9 Å². The van der Waals surface area contributed by atoms with Gasteiger partial charge in [-0.15, -0.1) is 12.4 Å². The fourth-order valence-corrected chi connectivity index (χ4v) is 3.93. The zero-order valence-corrected chi connectivity index (χ0v) is 13.9. The molecule has 1 saturated heterocycles. The lowest BCUT2D eigenvalue weighted by Crippen LogP contribution is -2.38. The maximum atomic E-state index is 12.8. The van der Waals surface area contributed by atoms with Crippen LogP contribution >= 0.6 is 12.4 Å². The number of fused-ring (bicyclic) bond motifs is 1. The minimum absolute atomic E-state index is 0. The van der Waals surface area contributed by atoms with E-state index in [4.69, 9.17) is 5.73 Å². The molecule has 0 aromatic heterocycles. The Morgan fingerprint density at radius 3 is 2.74 bits per heavy atom. The molecule has 1 aromatic rings. The number of nitro benzene ring substituents is 1. The third-order valence-corrected chi connectivity index (χ3v) is 5.09. The monoisotopic (exact) mass is 339 g/mol. The number of aryl methyl sites for hydroxylation is 1. The number of hydrogen-bond acceptors (Lipinski definition) is 4. The van der Waals surface area contributed by atoms with Gasteiger partial charge in [0.25, 0.3) is 11.6 Å². The number of halogens is 1. The van der Waals surface area contributed by atoms with Gasteiger partial charge in [-0.1, -0.05) is 18.6 Å². The van der Waals surface area contributed by atoms with E-state index in [2.05, 4.69) is 0 Å². The number of likely N-dealkylation sites (tertiary alicyclic amines) is 1. The quantitative estimate of drug-likeness (QED) is 0.662. The van der Waals surface area contributed by atoms with Gasteiger partial charge in [0.1, 0.15) is 5.56 Å². The van der Waals surface area contributed by atoms with Crippen molar-refractivity contribution >= 4 is 24.0 Å². The Morgan fingerprint density at radius 2 is 2.09 bits per heavy atom. The van der Waals surface area contributed by atoms with E-state index in [1.807, 2.05) is 0 Å². The number of rotatable bonds is 2. The molecule has 6 nitrogen and oxygen atoms in total. The van der Waals surface area contributed by atoms with Gasteiger partial charge in [0.15, 0.2) is 0 Å². The topological polar surface area (TPSA) is 89.5 Å². The third-order valence-electron chi connectivity index (χ3n) is 5.09. The summed E-state index contributed by atoms with van der Waals surface area (Å²) in [6.07, 6.45) is 3.21. The van der Waals surface area contributed by atoms with Crippen molar-refractivity contribution in [2.24, 2.45) is 17.6 Å². The summed E-state index contributed by atoms with van der Waals surface area (Å²) in [6.45, 7) is 2.95. The van der Waals surface area contributed by atoms with Gasteiger partial charge >= 0.3 is 0 Å². The highest BCUT2D eigenvalue weighted by molar-refractivity contribution is 5.98. The second kappa shape index (κ2) is 6.84. The first-order chi connectivity index (χ1) is 10.5. The van der Waals surface area contributed by atoms with Gasteiger partial charge in [-0.3, -0.25) is 14.9 Å². The van der Waals surface area contributed by atoms with Crippen molar-refractivity contribution < 1.29 is 9.72 Å². The van der Waals surface area contributed by atoms with Gasteiger partial charge in [0, 0.05) is 24.7 Å². The Labute approximate surface area is 141 Å². The zero-order valence-electron chi connectivity index (χ0n) is 13.1. The summed E-state index contributed by atoms with van der Waals surface area (Å²) >= 11 is 0. The highest BCUT2D eigenvalue weighted by Gasteiger charge is 2.41. The van der Waals surface area contributed by atoms with Crippen molar-refractivity contribution in [3.05, 3.63) is 39.4 Å². The molecule has 1 saturated carbocycles. The van der Waals surface area contributed by atoms with Gasteiger partial charge in [-0.05, 0) is 37.7 Å². The summed E-state index contributed by atoms with van der Waals surface area (Å²) in [6, 6.07) is 5.05. The second-order valence-electron chi connectivity index (χ2n) is 6.46. The molecule has 2 aliphatic rings. The van der Waals surface area contributed by atoms with Gasteiger partial charge in [0.05, 0.1) is 4.92 Å². The van der Waals surface area contributed by atoms with E-state index in [1.54, 1.807) is 30.0 Å². The van der Waals surface area contributed by atoms with E-state index >= 15 is 0 Å². The maximum Gasteiger partial charge on any atom is 0.285 e. The Morgan fingerprint density at radius 1 is 1.35 bits per heavy atom. The highest BCUT2D eigenvalue weighted by atomic mass is 35.5. The van der Waals surface area contributed by atoms with Gasteiger partial charge in [-0.2, -0.15) is 0 Å². The maximum absolute atomic E-state index is 12.8. The second-order valence-corrected chi connectivity index (χ2v) is 6.46. The average molecular weight is 340 g/mol. The Balaban J connectivity index is 0.00000192. The fraction of sp³-hybridized carbons (Fsp3) is 0.562. The van der Waals surface area contributed by atoms with Gasteiger partial charge in [0.2, 0.25) is 0 Å². The molecule has 0 bridgehead atoms. The zero-order chi connectivity index (χ0) is 15.9. The van der Waals surface area contributed by atoms with E-state index in [0.29, 0.717) is 30.5 Å². The minimum atomic E-state index is -0.461. The van der Waals surface area contributed by atoms with Crippen LogP contribution in [0.4, 0.5) is 5.69 Å². The molecule has 1 heterocycles. The minimum Gasteiger partial charge on any atom is -0.338 e. The van der Waals surface area contributed by atoms with Crippen molar-refractivity contribution in [3.63, 3.8) is 0 Å². The lowest BCUT2D eigenvalue weighted by molar-refractivity contribution is -0.385. The smallest absolute Gasteiger partial charge is 0.285 e. The largest absolute Gasteiger partial charge is 0.338 e. The number of benzene rings is 1. The van der Waals surface area contributed by atoms with E-state index in [1.165, 1.54) is 0 Å². The van der Waals surface area contributed by atoms with Crippen LogP contribution < -0.4 is 5.73 Å². The number of carbonyl (C=O) groups is 1. The number of nitro groups is 1. The van der Waals surface area contributed by atoms with Crippen molar-refractivity contribution in [1.29, 1.82) is 0 Å². The van der Waals surface area contributed by atoms with E-state index in [0.717, 1.165) is 19.3 Å². The molecule has 1 amide bonds.